The fourth-order valence-electron chi connectivity index (χ4n) is 3.66. The molecule has 4 rings (SSSR count). The number of hydrogen-bond donors (Lipinski definition) is 1. The summed E-state index contributed by atoms with van der Waals surface area (Å²) < 4.78 is 15.9. The molecule has 0 radical (unpaired) electrons. The number of esters is 1. The second-order valence-electron chi connectivity index (χ2n) is 7.21. The number of ether oxygens (including phenoxy) is 2. The Morgan fingerprint density at radius 2 is 2.03 bits per heavy atom. The highest BCUT2D eigenvalue weighted by Gasteiger charge is 2.29. The number of benzene rings is 1. The summed E-state index contributed by atoms with van der Waals surface area (Å²) in [6.45, 7) is 3.44. The maximum atomic E-state index is 12.7. The maximum absolute atomic E-state index is 12.7. The standard InChI is InChI=1S/C22H21NO6S/c1-11-9-18(24)29-16-10-13(7-8-14(11)16)28-12(2)20(25)23-21-19(22(26)27-3)15-5-4-6-17(15)30-21/h7-10,12H,4-6H2,1-3H3,(H,23,25). The normalized spacial score (nSPS) is 13.7. The van der Waals surface area contributed by atoms with Crippen LogP contribution in [0.5, 0.6) is 5.75 Å². The Balaban J connectivity index is 1.53. The highest BCUT2D eigenvalue weighted by atomic mass is 32.1. The number of rotatable bonds is 5. The van der Waals surface area contributed by atoms with E-state index < -0.39 is 17.7 Å². The van der Waals surface area contributed by atoms with E-state index in [4.69, 9.17) is 13.9 Å². The molecule has 2 heterocycles. The molecule has 0 saturated heterocycles. The Hall–Kier alpha value is -3.13. The number of aryl methyl sites for hydroxylation is 2. The third-order valence-electron chi connectivity index (χ3n) is 5.15. The molecule has 1 N–H and O–H groups in total. The van der Waals surface area contributed by atoms with Crippen molar-refractivity contribution in [2.45, 2.75) is 39.2 Å². The SMILES string of the molecule is COC(=O)c1c(NC(=O)C(C)Oc2ccc3c(C)cc(=O)oc3c2)sc2c1CCC2. The molecule has 0 bridgehead atoms. The van der Waals surface area contributed by atoms with Gasteiger partial charge in [-0.25, -0.2) is 9.59 Å². The summed E-state index contributed by atoms with van der Waals surface area (Å²) in [6.07, 6.45) is 1.87. The lowest BCUT2D eigenvalue weighted by atomic mass is 10.1. The molecule has 0 fully saturated rings. The van der Waals surface area contributed by atoms with E-state index in [2.05, 4.69) is 5.32 Å². The first-order chi connectivity index (χ1) is 14.4. The molecule has 1 amide bonds. The van der Waals surface area contributed by atoms with Crippen LogP contribution in [0.15, 0.2) is 33.5 Å². The van der Waals surface area contributed by atoms with Crippen molar-refractivity contribution in [2.75, 3.05) is 12.4 Å². The Morgan fingerprint density at radius 1 is 1.23 bits per heavy atom. The summed E-state index contributed by atoms with van der Waals surface area (Å²) in [4.78, 5) is 37.7. The molecular formula is C22H21NO6S. The molecule has 1 unspecified atom stereocenters. The first kappa shape index (κ1) is 20.2. The van der Waals surface area contributed by atoms with Crippen molar-refractivity contribution in [3.05, 3.63) is 56.3 Å². The van der Waals surface area contributed by atoms with Gasteiger partial charge in [0, 0.05) is 22.4 Å². The lowest BCUT2D eigenvalue weighted by Crippen LogP contribution is -2.30. The molecule has 1 aliphatic rings. The van der Waals surface area contributed by atoms with Gasteiger partial charge in [0.1, 0.15) is 16.3 Å². The van der Waals surface area contributed by atoms with Gasteiger partial charge in [0.25, 0.3) is 5.91 Å². The second kappa shape index (κ2) is 7.95. The summed E-state index contributed by atoms with van der Waals surface area (Å²) in [5.74, 6) is -0.426. The minimum atomic E-state index is -0.832. The van der Waals surface area contributed by atoms with Crippen molar-refractivity contribution >= 4 is 39.2 Å². The molecule has 7 nitrogen and oxygen atoms in total. The van der Waals surface area contributed by atoms with E-state index in [0.29, 0.717) is 21.9 Å². The van der Waals surface area contributed by atoms with E-state index in [1.54, 1.807) is 25.1 Å². The van der Waals surface area contributed by atoms with Gasteiger partial charge in [-0.2, -0.15) is 0 Å². The predicted octanol–water partition coefficient (Wildman–Crippen LogP) is 3.84. The summed E-state index contributed by atoms with van der Waals surface area (Å²) in [7, 11) is 1.33. The van der Waals surface area contributed by atoms with Gasteiger partial charge >= 0.3 is 11.6 Å². The van der Waals surface area contributed by atoms with Gasteiger partial charge in [-0.15, -0.1) is 11.3 Å². The van der Waals surface area contributed by atoms with E-state index in [-0.39, 0.29) is 5.91 Å². The van der Waals surface area contributed by atoms with E-state index in [9.17, 15) is 14.4 Å². The lowest BCUT2D eigenvalue weighted by molar-refractivity contribution is -0.122. The van der Waals surface area contributed by atoms with Crippen LogP contribution in [0.1, 0.15) is 39.7 Å². The number of nitrogens with one attached hydrogen (secondary N) is 1. The number of methoxy groups -OCH3 is 1. The minimum absolute atomic E-state index is 0.383. The molecule has 1 atom stereocenters. The third kappa shape index (κ3) is 3.70. The molecule has 2 aromatic heterocycles. The molecule has 0 saturated carbocycles. The summed E-state index contributed by atoms with van der Waals surface area (Å²) in [5.41, 5.74) is 2.17. The molecule has 1 aromatic carbocycles. The number of thiophene rings is 1. The maximum Gasteiger partial charge on any atom is 0.341 e. The van der Waals surface area contributed by atoms with Crippen LogP contribution in [-0.2, 0) is 22.4 Å². The lowest BCUT2D eigenvalue weighted by Gasteiger charge is -2.15. The monoisotopic (exact) mass is 427 g/mol. The first-order valence-electron chi connectivity index (χ1n) is 9.62. The fourth-order valence-corrected chi connectivity index (χ4v) is 4.94. The van der Waals surface area contributed by atoms with Gasteiger partial charge < -0.3 is 19.2 Å². The molecule has 8 heteroatoms. The van der Waals surface area contributed by atoms with Gasteiger partial charge in [-0.1, -0.05) is 0 Å². The zero-order chi connectivity index (χ0) is 21.4. The number of anilines is 1. The molecule has 1 aliphatic carbocycles. The van der Waals surface area contributed by atoms with Gasteiger partial charge in [0.15, 0.2) is 6.10 Å². The topological polar surface area (TPSA) is 94.8 Å². The molecular weight excluding hydrogens is 406 g/mol. The Kier molecular flexibility index (Phi) is 5.34. The van der Waals surface area contributed by atoms with E-state index in [1.165, 1.54) is 24.5 Å². The van der Waals surface area contributed by atoms with E-state index >= 15 is 0 Å². The Labute approximate surface area is 176 Å². The van der Waals surface area contributed by atoms with Crippen molar-refractivity contribution in [2.24, 2.45) is 0 Å². The van der Waals surface area contributed by atoms with Crippen LogP contribution in [-0.4, -0.2) is 25.1 Å². The van der Waals surface area contributed by atoms with Crippen molar-refractivity contribution in [1.29, 1.82) is 0 Å². The Morgan fingerprint density at radius 3 is 2.80 bits per heavy atom. The van der Waals surface area contributed by atoms with Crippen LogP contribution in [0, 0.1) is 6.92 Å². The average molecular weight is 427 g/mol. The third-order valence-corrected chi connectivity index (χ3v) is 6.36. The van der Waals surface area contributed by atoms with Crippen LogP contribution in [0.25, 0.3) is 11.0 Å². The number of fused-ring (bicyclic) bond motifs is 2. The largest absolute Gasteiger partial charge is 0.481 e. The van der Waals surface area contributed by atoms with Gasteiger partial charge in [-0.3, -0.25) is 4.79 Å². The zero-order valence-corrected chi connectivity index (χ0v) is 17.7. The van der Waals surface area contributed by atoms with Crippen LogP contribution in [0.2, 0.25) is 0 Å². The van der Waals surface area contributed by atoms with E-state index in [1.807, 2.05) is 6.92 Å². The Bertz CT molecular complexity index is 1210. The molecule has 0 aliphatic heterocycles. The molecule has 156 valence electrons. The average Bonchev–Trinajstić information content (AvgIpc) is 3.27. The van der Waals surface area contributed by atoms with Gasteiger partial charge in [0.2, 0.25) is 0 Å². The van der Waals surface area contributed by atoms with Crippen molar-refractivity contribution in [3.8, 4) is 5.75 Å². The second-order valence-corrected chi connectivity index (χ2v) is 8.31. The predicted molar refractivity (Wildman–Crippen MR) is 114 cm³/mol. The van der Waals surface area contributed by atoms with Crippen LogP contribution in [0.4, 0.5) is 5.00 Å². The van der Waals surface area contributed by atoms with Crippen molar-refractivity contribution in [1.82, 2.24) is 0 Å². The molecule has 30 heavy (non-hydrogen) atoms. The number of carbonyl (C=O) groups is 2. The number of amides is 1. The highest BCUT2D eigenvalue weighted by Crippen LogP contribution is 2.39. The zero-order valence-electron chi connectivity index (χ0n) is 16.9. The highest BCUT2D eigenvalue weighted by molar-refractivity contribution is 7.17. The van der Waals surface area contributed by atoms with E-state index in [0.717, 1.165) is 40.7 Å². The summed E-state index contributed by atoms with van der Waals surface area (Å²) >= 11 is 1.41. The van der Waals surface area contributed by atoms with Gasteiger partial charge in [0.05, 0.1) is 12.7 Å². The van der Waals surface area contributed by atoms with Crippen LogP contribution >= 0.6 is 11.3 Å². The van der Waals surface area contributed by atoms with Crippen molar-refractivity contribution < 1.29 is 23.5 Å². The minimum Gasteiger partial charge on any atom is -0.481 e. The smallest absolute Gasteiger partial charge is 0.341 e. The van der Waals surface area contributed by atoms with Crippen LogP contribution < -0.4 is 15.7 Å². The summed E-state index contributed by atoms with van der Waals surface area (Å²) in [5, 5.41) is 4.10. The fraction of sp³-hybridized carbons (Fsp3) is 0.318. The number of hydrogen-bond acceptors (Lipinski definition) is 7. The first-order valence-corrected chi connectivity index (χ1v) is 10.4. The summed E-state index contributed by atoms with van der Waals surface area (Å²) in [6, 6.07) is 6.52. The molecule has 0 spiro atoms. The quantitative estimate of drug-likeness (QED) is 0.491. The van der Waals surface area contributed by atoms with Gasteiger partial charge in [-0.05, 0) is 56.4 Å². The van der Waals surface area contributed by atoms with Crippen molar-refractivity contribution in [3.63, 3.8) is 0 Å². The number of carbonyl (C=O) groups excluding carboxylic acids is 2. The van der Waals surface area contributed by atoms with Crippen LogP contribution in [0.3, 0.4) is 0 Å². The molecule has 3 aromatic rings.